The number of amides is 1. The molecule has 0 atom stereocenters. The first-order chi connectivity index (χ1) is 12.6. The lowest BCUT2D eigenvalue weighted by molar-refractivity contribution is -0.130. The van der Waals surface area contributed by atoms with Gasteiger partial charge in [0.2, 0.25) is 5.91 Å². The molecular formula is C20H25N3O2S. The first kappa shape index (κ1) is 18.7. The van der Waals surface area contributed by atoms with Crippen LogP contribution in [-0.2, 0) is 17.0 Å². The zero-order chi connectivity index (χ0) is 18.4. The molecule has 3 rings (SSSR count). The third-order valence-corrected chi connectivity index (χ3v) is 5.65. The van der Waals surface area contributed by atoms with Crippen LogP contribution in [0.4, 0.5) is 0 Å². The van der Waals surface area contributed by atoms with Crippen LogP contribution in [0.25, 0.3) is 0 Å². The van der Waals surface area contributed by atoms with Crippen molar-refractivity contribution in [3.8, 4) is 0 Å². The fourth-order valence-corrected chi connectivity index (χ4v) is 4.03. The standard InChI is InChI=1S/C20H25N3O2S/c1-15-17(13-18(24)23-11-7-2-3-8-12-23)19(25)22-20(21-15)26-14-16-9-5-4-6-10-16/h4-6,9-10H,2-3,7-8,11-14H2,1H3,(H,21,22,25). The van der Waals surface area contributed by atoms with E-state index in [0.29, 0.717) is 16.4 Å². The summed E-state index contributed by atoms with van der Waals surface area (Å²) in [7, 11) is 0. The van der Waals surface area contributed by atoms with Gasteiger partial charge >= 0.3 is 0 Å². The Kier molecular flexibility index (Phi) is 6.50. The molecule has 1 N–H and O–H groups in total. The monoisotopic (exact) mass is 371 g/mol. The van der Waals surface area contributed by atoms with E-state index in [1.807, 2.05) is 42.2 Å². The highest BCUT2D eigenvalue weighted by Gasteiger charge is 2.19. The van der Waals surface area contributed by atoms with Crippen molar-refractivity contribution >= 4 is 17.7 Å². The summed E-state index contributed by atoms with van der Waals surface area (Å²) in [6.07, 6.45) is 4.59. The van der Waals surface area contributed by atoms with Crippen LogP contribution in [0, 0.1) is 6.92 Å². The molecule has 6 heteroatoms. The maximum atomic E-state index is 12.6. The Balaban J connectivity index is 1.67. The summed E-state index contributed by atoms with van der Waals surface area (Å²) in [5, 5.41) is 0.599. The second-order valence-electron chi connectivity index (χ2n) is 6.68. The number of carbonyl (C=O) groups excluding carboxylic acids is 1. The highest BCUT2D eigenvalue weighted by atomic mass is 32.2. The minimum Gasteiger partial charge on any atom is -0.342 e. The van der Waals surface area contributed by atoms with Crippen molar-refractivity contribution in [1.29, 1.82) is 0 Å². The normalized spacial score (nSPS) is 14.9. The van der Waals surface area contributed by atoms with Crippen molar-refractivity contribution in [3.05, 3.63) is 57.5 Å². The number of rotatable bonds is 5. The second kappa shape index (κ2) is 9.03. The van der Waals surface area contributed by atoms with Crippen LogP contribution in [0.3, 0.4) is 0 Å². The van der Waals surface area contributed by atoms with Gasteiger partial charge in [0.25, 0.3) is 5.56 Å². The van der Waals surface area contributed by atoms with E-state index in [-0.39, 0.29) is 17.9 Å². The summed E-state index contributed by atoms with van der Waals surface area (Å²) in [5.41, 5.74) is 2.12. The van der Waals surface area contributed by atoms with E-state index in [4.69, 9.17) is 0 Å². The van der Waals surface area contributed by atoms with Crippen LogP contribution in [-0.4, -0.2) is 33.9 Å². The SMILES string of the molecule is Cc1nc(SCc2ccccc2)[nH]c(=O)c1CC(=O)N1CCCCCC1. The molecule has 2 aromatic rings. The fraction of sp³-hybridized carbons (Fsp3) is 0.450. The Bertz CT molecular complexity index is 796. The van der Waals surface area contributed by atoms with Gasteiger partial charge < -0.3 is 9.88 Å². The van der Waals surface area contributed by atoms with Crippen LogP contribution >= 0.6 is 11.8 Å². The Labute approximate surface area is 158 Å². The van der Waals surface area contributed by atoms with Gasteiger partial charge in [-0.05, 0) is 25.3 Å². The van der Waals surface area contributed by atoms with Crippen molar-refractivity contribution in [2.45, 2.75) is 49.9 Å². The number of likely N-dealkylation sites (tertiary alicyclic amines) is 1. The van der Waals surface area contributed by atoms with Crippen LogP contribution in [0.2, 0.25) is 0 Å². The molecule has 0 bridgehead atoms. The van der Waals surface area contributed by atoms with Gasteiger partial charge in [0, 0.05) is 30.1 Å². The van der Waals surface area contributed by atoms with Gasteiger partial charge in [0.15, 0.2) is 5.16 Å². The summed E-state index contributed by atoms with van der Waals surface area (Å²) in [6, 6.07) is 10.1. The molecule has 1 amide bonds. The van der Waals surface area contributed by atoms with Gasteiger partial charge in [-0.1, -0.05) is 54.9 Å². The van der Waals surface area contributed by atoms with Gasteiger partial charge in [-0.3, -0.25) is 9.59 Å². The topological polar surface area (TPSA) is 66.1 Å². The number of nitrogens with zero attached hydrogens (tertiary/aromatic N) is 2. The van der Waals surface area contributed by atoms with Crippen molar-refractivity contribution < 1.29 is 4.79 Å². The van der Waals surface area contributed by atoms with E-state index < -0.39 is 0 Å². The minimum absolute atomic E-state index is 0.0342. The summed E-state index contributed by atoms with van der Waals surface area (Å²) < 4.78 is 0. The molecule has 1 aromatic heterocycles. The number of aryl methyl sites for hydroxylation is 1. The van der Waals surface area contributed by atoms with E-state index in [2.05, 4.69) is 9.97 Å². The number of benzene rings is 1. The largest absolute Gasteiger partial charge is 0.342 e. The highest BCUT2D eigenvalue weighted by molar-refractivity contribution is 7.98. The Morgan fingerprint density at radius 2 is 1.85 bits per heavy atom. The molecule has 5 nitrogen and oxygen atoms in total. The van der Waals surface area contributed by atoms with E-state index in [9.17, 15) is 9.59 Å². The predicted octanol–water partition coefficient (Wildman–Crippen LogP) is 3.32. The average molecular weight is 372 g/mol. The molecular weight excluding hydrogens is 346 g/mol. The summed E-state index contributed by atoms with van der Waals surface area (Å²) in [5.74, 6) is 0.780. The molecule has 2 heterocycles. The van der Waals surface area contributed by atoms with Crippen LogP contribution in [0.1, 0.15) is 42.5 Å². The zero-order valence-electron chi connectivity index (χ0n) is 15.2. The lowest BCUT2D eigenvalue weighted by atomic mass is 10.1. The number of thioether (sulfide) groups is 1. The molecule has 0 unspecified atom stereocenters. The summed E-state index contributed by atoms with van der Waals surface area (Å²) in [6.45, 7) is 3.41. The molecule has 0 radical (unpaired) electrons. The maximum absolute atomic E-state index is 12.6. The molecule has 0 spiro atoms. The average Bonchev–Trinajstić information content (AvgIpc) is 2.93. The molecule has 0 saturated carbocycles. The lowest BCUT2D eigenvalue weighted by Gasteiger charge is -2.20. The predicted molar refractivity (Wildman–Crippen MR) is 104 cm³/mol. The van der Waals surface area contributed by atoms with Gasteiger partial charge in [0.05, 0.1) is 6.42 Å². The van der Waals surface area contributed by atoms with Crippen molar-refractivity contribution in [2.24, 2.45) is 0 Å². The van der Waals surface area contributed by atoms with Gasteiger partial charge in [-0.15, -0.1) is 0 Å². The number of nitrogens with one attached hydrogen (secondary N) is 1. The Hall–Kier alpha value is -2.08. The van der Waals surface area contributed by atoms with Crippen LogP contribution < -0.4 is 5.56 Å². The van der Waals surface area contributed by atoms with Gasteiger partial charge in [0.1, 0.15) is 0 Å². The minimum atomic E-state index is -0.198. The highest BCUT2D eigenvalue weighted by Crippen LogP contribution is 2.19. The second-order valence-corrected chi connectivity index (χ2v) is 7.65. The van der Waals surface area contributed by atoms with Gasteiger partial charge in [-0.2, -0.15) is 0 Å². The molecule has 0 aliphatic carbocycles. The number of hydrogen-bond acceptors (Lipinski definition) is 4. The first-order valence-corrected chi connectivity index (χ1v) is 10.2. The molecule has 138 valence electrons. The molecule has 1 aromatic carbocycles. The first-order valence-electron chi connectivity index (χ1n) is 9.18. The lowest BCUT2D eigenvalue weighted by Crippen LogP contribution is -2.35. The van der Waals surface area contributed by atoms with E-state index in [1.165, 1.54) is 30.2 Å². The molecule has 26 heavy (non-hydrogen) atoms. The number of aromatic nitrogens is 2. The smallest absolute Gasteiger partial charge is 0.255 e. The van der Waals surface area contributed by atoms with E-state index >= 15 is 0 Å². The summed E-state index contributed by atoms with van der Waals surface area (Å²) >= 11 is 1.50. The third kappa shape index (κ3) is 4.97. The Morgan fingerprint density at radius 1 is 1.15 bits per heavy atom. The maximum Gasteiger partial charge on any atom is 0.255 e. The van der Waals surface area contributed by atoms with Gasteiger partial charge in [-0.25, -0.2) is 4.98 Å². The number of carbonyl (C=O) groups is 1. The molecule has 1 saturated heterocycles. The third-order valence-electron chi connectivity index (χ3n) is 4.71. The molecule has 1 aliphatic heterocycles. The van der Waals surface area contributed by atoms with E-state index in [1.54, 1.807) is 0 Å². The molecule has 1 aliphatic rings. The van der Waals surface area contributed by atoms with Crippen molar-refractivity contribution in [3.63, 3.8) is 0 Å². The zero-order valence-corrected chi connectivity index (χ0v) is 16.0. The number of hydrogen-bond donors (Lipinski definition) is 1. The summed E-state index contributed by atoms with van der Waals surface area (Å²) in [4.78, 5) is 34.3. The molecule has 1 fully saturated rings. The number of aromatic amines is 1. The number of H-pyrrole nitrogens is 1. The Morgan fingerprint density at radius 3 is 2.50 bits per heavy atom. The van der Waals surface area contributed by atoms with E-state index in [0.717, 1.165) is 31.7 Å². The van der Waals surface area contributed by atoms with Crippen molar-refractivity contribution in [1.82, 2.24) is 14.9 Å². The van der Waals surface area contributed by atoms with Crippen LogP contribution in [0.15, 0.2) is 40.3 Å². The van der Waals surface area contributed by atoms with Crippen molar-refractivity contribution in [2.75, 3.05) is 13.1 Å². The van der Waals surface area contributed by atoms with Crippen LogP contribution in [0.5, 0.6) is 0 Å². The quantitative estimate of drug-likeness (QED) is 0.647. The fourth-order valence-electron chi connectivity index (χ4n) is 3.17.